The van der Waals surface area contributed by atoms with Gasteiger partial charge in [-0.3, -0.25) is 9.59 Å². The molecular weight excluding hydrogens is 336 g/mol. The van der Waals surface area contributed by atoms with Crippen LogP contribution in [0.1, 0.15) is 23.6 Å². The summed E-state index contributed by atoms with van der Waals surface area (Å²) < 4.78 is 0. The van der Waals surface area contributed by atoms with E-state index in [1.54, 1.807) is 11.9 Å². The van der Waals surface area contributed by atoms with Crippen LogP contribution in [0.4, 0.5) is 0 Å². The zero-order chi connectivity index (χ0) is 17.8. The quantitative estimate of drug-likeness (QED) is 0.894. The molecule has 1 aliphatic rings. The second-order valence-electron chi connectivity index (χ2n) is 6.34. The fourth-order valence-corrected chi connectivity index (χ4v) is 3.45. The van der Waals surface area contributed by atoms with E-state index in [-0.39, 0.29) is 30.2 Å². The minimum absolute atomic E-state index is 0.00621. The first-order chi connectivity index (χ1) is 12.1. The molecule has 2 unspecified atom stereocenters. The Bertz CT molecular complexity index is 746. The number of likely N-dealkylation sites (tertiary alicyclic amines) is 1. The van der Waals surface area contributed by atoms with Gasteiger partial charge < -0.3 is 10.2 Å². The van der Waals surface area contributed by atoms with Gasteiger partial charge in [0.15, 0.2) is 0 Å². The van der Waals surface area contributed by atoms with E-state index in [0.717, 1.165) is 17.5 Å². The van der Waals surface area contributed by atoms with Crippen molar-refractivity contribution in [3.05, 3.63) is 70.7 Å². The Labute approximate surface area is 152 Å². The molecule has 0 spiro atoms. The number of hydrogen-bond acceptors (Lipinski definition) is 2. The zero-order valence-corrected chi connectivity index (χ0v) is 14.9. The van der Waals surface area contributed by atoms with Crippen molar-refractivity contribution in [1.82, 2.24) is 10.2 Å². The van der Waals surface area contributed by atoms with Gasteiger partial charge in [-0.2, -0.15) is 0 Å². The smallest absolute Gasteiger partial charge is 0.226 e. The van der Waals surface area contributed by atoms with Crippen LogP contribution in [-0.4, -0.2) is 30.3 Å². The summed E-state index contributed by atoms with van der Waals surface area (Å²) in [5, 5.41) is 3.68. The molecule has 4 nitrogen and oxygen atoms in total. The second kappa shape index (κ2) is 7.70. The first kappa shape index (κ1) is 17.5. The highest BCUT2D eigenvalue weighted by Crippen LogP contribution is 2.36. The number of carbonyl (C=O) groups excluding carboxylic acids is 2. The Hall–Kier alpha value is -2.33. The summed E-state index contributed by atoms with van der Waals surface area (Å²) in [5.74, 6) is -0.419. The molecule has 5 heteroatoms. The van der Waals surface area contributed by atoms with E-state index in [4.69, 9.17) is 11.6 Å². The predicted molar refractivity (Wildman–Crippen MR) is 98.2 cm³/mol. The Morgan fingerprint density at radius 3 is 2.52 bits per heavy atom. The number of nitrogens with one attached hydrogen (secondary N) is 1. The number of nitrogens with zero attached hydrogens (tertiary/aromatic N) is 1. The van der Waals surface area contributed by atoms with Crippen LogP contribution in [0.3, 0.4) is 0 Å². The summed E-state index contributed by atoms with van der Waals surface area (Å²) in [4.78, 5) is 26.5. The summed E-state index contributed by atoms with van der Waals surface area (Å²) >= 11 is 5.88. The van der Waals surface area contributed by atoms with E-state index < -0.39 is 0 Å². The fourth-order valence-electron chi connectivity index (χ4n) is 3.32. The second-order valence-corrected chi connectivity index (χ2v) is 6.77. The van der Waals surface area contributed by atoms with E-state index in [2.05, 4.69) is 5.32 Å². The zero-order valence-electron chi connectivity index (χ0n) is 14.1. The van der Waals surface area contributed by atoms with Gasteiger partial charge in [-0.15, -0.1) is 0 Å². The summed E-state index contributed by atoms with van der Waals surface area (Å²) in [6.07, 6.45) is 0.984. The van der Waals surface area contributed by atoms with Crippen molar-refractivity contribution in [3.8, 4) is 0 Å². The molecule has 2 amide bonds. The van der Waals surface area contributed by atoms with Crippen molar-refractivity contribution in [3.63, 3.8) is 0 Å². The SMILES string of the molecule is CN1C(=O)CC(C(=O)NCCc2ccc(Cl)cc2)C1c1ccccc1. The lowest BCUT2D eigenvalue weighted by Gasteiger charge is -2.24. The maximum absolute atomic E-state index is 12.7. The van der Waals surface area contributed by atoms with Gasteiger partial charge in [0.05, 0.1) is 12.0 Å². The van der Waals surface area contributed by atoms with Gasteiger partial charge in [0.2, 0.25) is 11.8 Å². The summed E-state index contributed by atoms with van der Waals surface area (Å²) in [7, 11) is 1.76. The van der Waals surface area contributed by atoms with Crippen LogP contribution in [0, 0.1) is 5.92 Å². The summed E-state index contributed by atoms with van der Waals surface area (Å²) in [6.45, 7) is 0.538. The molecule has 0 aliphatic carbocycles. The summed E-state index contributed by atoms with van der Waals surface area (Å²) in [6, 6.07) is 17.1. The molecular formula is C20H21ClN2O2. The first-order valence-electron chi connectivity index (χ1n) is 8.39. The number of hydrogen-bond donors (Lipinski definition) is 1. The fraction of sp³-hybridized carbons (Fsp3) is 0.300. The van der Waals surface area contributed by atoms with Gasteiger partial charge in [-0.25, -0.2) is 0 Å². The Morgan fingerprint density at radius 1 is 1.16 bits per heavy atom. The van der Waals surface area contributed by atoms with Crippen LogP contribution in [0.5, 0.6) is 0 Å². The highest BCUT2D eigenvalue weighted by Gasteiger charge is 2.42. The predicted octanol–water partition coefficient (Wildman–Crippen LogP) is 3.22. The molecule has 0 saturated carbocycles. The van der Waals surface area contributed by atoms with E-state index >= 15 is 0 Å². The number of amides is 2. The molecule has 2 aromatic carbocycles. The average molecular weight is 357 g/mol. The standard InChI is InChI=1S/C20H21ClN2O2/c1-23-18(24)13-17(19(23)15-5-3-2-4-6-15)20(25)22-12-11-14-7-9-16(21)10-8-14/h2-10,17,19H,11-13H2,1H3,(H,22,25). The molecule has 1 heterocycles. The van der Waals surface area contributed by atoms with Crippen LogP contribution >= 0.6 is 11.6 Å². The van der Waals surface area contributed by atoms with Crippen LogP contribution in [-0.2, 0) is 16.0 Å². The lowest BCUT2D eigenvalue weighted by atomic mass is 9.93. The average Bonchev–Trinajstić information content (AvgIpc) is 2.92. The van der Waals surface area contributed by atoms with Crippen LogP contribution in [0.25, 0.3) is 0 Å². The molecule has 1 aliphatic heterocycles. The molecule has 25 heavy (non-hydrogen) atoms. The van der Waals surface area contributed by atoms with E-state index in [0.29, 0.717) is 11.6 Å². The third kappa shape index (κ3) is 4.02. The Kier molecular flexibility index (Phi) is 5.39. The van der Waals surface area contributed by atoms with E-state index in [1.807, 2.05) is 54.6 Å². The molecule has 1 N–H and O–H groups in total. The molecule has 0 bridgehead atoms. The lowest BCUT2D eigenvalue weighted by Crippen LogP contribution is -2.35. The number of rotatable bonds is 5. The third-order valence-electron chi connectivity index (χ3n) is 4.69. The summed E-state index contributed by atoms with van der Waals surface area (Å²) in [5.41, 5.74) is 2.11. The third-order valence-corrected chi connectivity index (χ3v) is 4.94. The van der Waals surface area contributed by atoms with Gasteiger partial charge in [-0.05, 0) is 29.7 Å². The molecule has 2 aromatic rings. The molecule has 1 saturated heterocycles. The molecule has 0 aromatic heterocycles. The highest BCUT2D eigenvalue weighted by molar-refractivity contribution is 6.30. The van der Waals surface area contributed by atoms with Gasteiger partial charge in [0, 0.05) is 25.0 Å². The Balaban J connectivity index is 1.63. The minimum Gasteiger partial charge on any atom is -0.355 e. The largest absolute Gasteiger partial charge is 0.355 e. The van der Waals surface area contributed by atoms with Crippen LogP contribution < -0.4 is 5.32 Å². The maximum Gasteiger partial charge on any atom is 0.226 e. The molecule has 0 radical (unpaired) electrons. The van der Waals surface area contributed by atoms with Crippen molar-refractivity contribution in [2.75, 3.05) is 13.6 Å². The van der Waals surface area contributed by atoms with Gasteiger partial charge in [0.25, 0.3) is 0 Å². The van der Waals surface area contributed by atoms with Crippen molar-refractivity contribution in [2.24, 2.45) is 5.92 Å². The van der Waals surface area contributed by atoms with E-state index in [1.165, 1.54) is 0 Å². The highest BCUT2D eigenvalue weighted by atomic mass is 35.5. The monoisotopic (exact) mass is 356 g/mol. The van der Waals surface area contributed by atoms with Gasteiger partial charge >= 0.3 is 0 Å². The first-order valence-corrected chi connectivity index (χ1v) is 8.77. The van der Waals surface area contributed by atoms with E-state index in [9.17, 15) is 9.59 Å². The minimum atomic E-state index is -0.356. The van der Waals surface area contributed by atoms with Crippen LogP contribution in [0.15, 0.2) is 54.6 Å². The Morgan fingerprint density at radius 2 is 1.84 bits per heavy atom. The number of halogens is 1. The van der Waals surface area contributed by atoms with Crippen molar-refractivity contribution in [1.29, 1.82) is 0 Å². The maximum atomic E-state index is 12.7. The number of carbonyl (C=O) groups is 2. The normalized spacial score (nSPS) is 19.9. The molecule has 3 rings (SSSR count). The number of benzene rings is 2. The topological polar surface area (TPSA) is 49.4 Å². The lowest BCUT2D eigenvalue weighted by molar-refractivity contribution is -0.128. The molecule has 2 atom stereocenters. The van der Waals surface area contributed by atoms with Crippen molar-refractivity contribution in [2.45, 2.75) is 18.9 Å². The van der Waals surface area contributed by atoms with Gasteiger partial charge in [0.1, 0.15) is 0 Å². The molecule has 130 valence electrons. The van der Waals surface area contributed by atoms with Crippen LogP contribution in [0.2, 0.25) is 5.02 Å². The van der Waals surface area contributed by atoms with Crippen molar-refractivity contribution >= 4 is 23.4 Å². The van der Waals surface area contributed by atoms with Crippen molar-refractivity contribution < 1.29 is 9.59 Å². The van der Waals surface area contributed by atoms with Gasteiger partial charge in [-0.1, -0.05) is 54.1 Å². The molecule has 1 fully saturated rings.